The van der Waals surface area contributed by atoms with Crippen LogP contribution in [0.3, 0.4) is 0 Å². The van der Waals surface area contributed by atoms with Crippen LogP contribution in [0.5, 0.6) is 0 Å². The first kappa shape index (κ1) is 15.5. The van der Waals surface area contributed by atoms with E-state index in [0.717, 1.165) is 31.8 Å². The molecule has 5 nitrogen and oxygen atoms in total. The number of carbonyl (C=O) groups is 2. The number of hydrogen-bond acceptors (Lipinski definition) is 4. The number of nitrogens with one attached hydrogen (secondary N) is 1. The number of ether oxygens (including phenoxy) is 2. The molecule has 0 aliphatic heterocycles. The molecule has 0 spiro atoms. The van der Waals surface area contributed by atoms with Crippen molar-refractivity contribution in [2.24, 2.45) is 5.92 Å². The van der Waals surface area contributed by atoms with Crippen molar-refractivity contribution in [1.82, 2.24) is 5.32 Å². The molecule has 0 saturated heterocycles. The second-order valence-electron chi connectivity index (χ2n) is 5.11. The summed E-state index contributed by atoms with van der Waals surface area (Å²) in [6.45, 7) is 7.79. The summed E-state index contributed by atoms with van der Waals surface area (Å²) in [6.07, 6.45) is 4.69. The normalized spacial score (nSPS) is 17.0. The Hall–Kier alpha value is -1.52. The highest BCUT2D eigenvalue weighted by atomic mass is 16.6. The molecule has 0 aromatic rings. The first-order valence-corrected chi connectivity index (χ1v) is 6.76. The molecule has 0 aromatic carbocycles. The molecule has 0 atom stereocenters. The molecule has 1 rings (SSSR count). The maximum Gasteiger partial charge on any atom is 0.407 e. The monoisotopic (exact) mass is 269 g/mol. The van der Waals surface area contributed by atoms with Crippen LogP contribution in [0.25, 0.3) is 0 Å². The molecule has 1 aliphatic rings. The van der Waals surface area contributed by atoms with Gasteiger partial charge in [-0.15, -0.1) is 0 Å². The molecule has 0 heterocycles. The third-order valence-electron chi connectivity index (χ3n) is 3.58. The summed E-state index contributed by atoms with van der Waals surface area (Å²) in [7, 11) is 0. The number of amides is 1. The van der Waals surface area contributed by atoms with Gasteiger partial charge < -0.3 is 14.8 Å². The van der Waals surface area contributed by atoms with E-state index in [1.807, 2.05) is 0 Å². The summed E-state index contributed by atoms with van der Waals surface area (Å²) in [4.78, 5) is 22.5. The van der Waals surface area contributed by atoms with E-state index in [0.29, 0.717) is 5.92 Å². The lowest BCUT2D eigenvalue weighted by molar-refractivity contribution is -0.137. The Morgan fingerprint density at radius 1 is 1.37 bits per heavy atom. The van der Waals surface area contributed by atoms with Gasteiger partial charge in [0.2, 0.25) is 0 Å². The SMILES string of the molecule is C=CC(=O)OCCNC(=O)OC1(C(C)C)CCCC1. The van der Waals surface area contributed by atoms with E-state index in [-0.39, 0.29) is 18.8 Å². The van der Waals surface area contributed by atoms with Crippen molar-refractivity contribution in [2.75, 3.05) is 13.2 Å². The van der Waals surface area contributed by atoms with Gasteiger partial charge in [-0.2, -0.15) is 0 Å². The van der Waals surface area contributed by atoms with Gasteiger partial charge in [-0.05, 0) is 31.6 Å². The smallest absolute Gasteiger partial charge is 0.407 e. The Kier molecular flexibility index (Phi) is 5.86. The lowest BCUT2D eigenvalue weighted by atomic mass is 9.88. The quantitative estimate of drug-likeness (QED) is 0.457. The van der Waals surface area contributed by atoms with Gasteiger partial charge in [0.25, 0.3) is 0 Å². The number of alkyl carbamates (subject to hydrolysis) is 1. The second kappa shape index (κ2) is 7.16. The van der Waals surface area contributed by atoms with Gasteiger partial charge in [0.05, 0.1) is 6.54 Å². The maximum atomic E-state index is 11.7. The predicted molar refractivity (Wildman–Crippen MR) is 71.7 cm³/mol. The minimum absolute atomic E-state index is 0.120. The molecule has 1 aliphatic carbocycles. The van der Waals surface area contributed by atoms with Crippen molar-refractivity contribution in [3.8, 4) is 0 Å². The Balaban J connectivity index is 2.30. The van der Waals surface area contributed by atoms with Gasteiger partial charge in [-0.25, -0.2) is 9.59 Å². The zero-order valence-electron chi connectivity index (χ0n) is 11.7. The third-order valence-corrected chi connectivity index (χ3v) is 3.58. The largest absolute Gasteiger partial charge is 0.461 e. The zero-order chi connectivity index (χ0) is 14.3. The highest BCUT2D eigenvalue weighted by Gasteiger charge is 2.40. The highest BCUT2D eigenvalue weighted by molar-refractivity contribution is 5.81. The molecule has 1 N–H and O–H groups in total. The fourth-order valence-corrected chi connectivity index (χ4v) is 2.36. The molecule has 5 heteroatoms. The van der Waals surface area contributed by atoms with Gasteiger partial charge in [-0.1, -0.05) is 20.4 Å². The van der Waals surface area contributed by atoms with Crippen molar-refractivity contribution in [3.05, 3.63) is 12.7 Å². The molecule has 1 saturated carbocycles. The average molecular weight is 269 g/mol. The van der Waals surface area contributed by atoms with Crippen LogP contribution in [-0.4, -0.2) is 30.8 Å². The predicted octanol–water partition coefficient (Wildman–Crippen LogP) is 2.41. The van der Waals surface area contributed by atoms with Crippen LogP contribution in [-0.2, 0) is 14.3 Å². The van der Waals surface area contributed by atoms with Gasteiger partial charge in [0.15, 0.2) is 0 Å². The molecule has 0 bridgehead atoms. The number of rotatable bonds is 6. The fourth-order valence-electron chi connectivity index (χ4n) is 2.36. The van der Waals surface area contributed by atoms with Gasteiger partial charge >= 0.3 is 12.1 Å². The van der Waals surface area contributed by atoms with Crippen molar-refractivity contribution in [2.45, 2.75) is 45.1 Å². The fraction of sp³-hybridized carbons (Fsp3) is 0.714. The topological polar surface area (TPSA) is 64.6 Å². The summed E-state index contributed by atoms with van der Waals surface area (Å²) in [5.74, 6) is -0.191. The van der Waals surface area contributed by atoms with E-state index in [4.69, 9.17) is 9.47 Å². The molecule has 108 valence electrons. The Bertz CT molecular complexity index is 332. The van der Waals surface area contributed by atoms with E-state index in [1.165, 1.54) is 0 Å². The minimum atomic E-state index is -0.496. The van der Waals surface area contributed by atoms with Gasteiger partial charge in [0, 0.05) is 6.08 Å². The van der Waals surface area contributed by atoms with Crippen LogP contribution in [0, 0.1) is 5.92 Å². The molecular formula is C14H23NO4. The summed E-state index contributed by atoms with van der Waals surface area (Å²) >= 11 is 0. The number of hydrogen-bond donors (Lipinski definition) is 1. The van der Waals surface area contributed by atoms with Crippen molar-refractivity contribution >= 4 is 12.1 Å². The zero-order valence-corrected chi connectivity index (χ0v) is 11.7. The third kappa shape index (κ3) is 4.58. The molecule has 0 radical (unpaired) electrons. The summed E-state index contributed by atoms with van der Waals surface area (Å²) < 4.78 is 10.3. The molecule has 19 heavy (non-hydrogen) atoms. The second-order valence-corrected chi connectivity index (χ2v) is 5.11. The van der Waals surface area contributed by atoms with E-state index < -0.39 is 12.1 Å². The maximum absolute atomic E-state index is 11.7. The van der Waals surface area contributed by atoms with Gasteiger partial charge in [-0.3, -0.25) is 0 Å². The Morgan fingerprint density at radius 2 is 2.00 bits per heavy atom. The Morgan fingerprint density at radius 3 is 2.53 bits per heavy atom. The van der Waals surface area contributed by atoms with Crippen LogP contribution in [0.2, 0.25) is 0 Å². The standard InChI is InChI=1S/C14H23NO4/c1-4-12(16)18-10-9-15-13(17)19-14(11(2)3)7-5-6-8-14/h4,11H,1,5-10H2,2-3H3,(H,15,17). The van der Waals surface area contributed by atoms with Gasteiger partial charge in [0.1, 0.15) is 12.2 Å². The van der Waals surface area contributed by atoms with E-state index >= 15 is 0 Å². The van der Waals surface area contributed by atoms with Crippen molar-refractivity contribution < 1.29 is 19.1 Å². The van der Waals surface area contributed by atoms with E-state index in [2.05, 4.69) is 25.7 Å². The number of carbonyl (C=O) groups excluding carboxylic acids is 2. The molecular weight excluding hydrogens is 246 g/mol. The van der Waals surface area contributed by atoms with Crippen LogP contribution in [0.1, 0.15) is 39.5 Å². The Labute approximate surface area is 114 Å². The number of esters is 1. The summed E-state index contributed by atoms with van der Waals surface area (Å²) in [6, 6.07) is 0. The first-order chi connectivity index (χ1) is 9.00. The summed E-state index contributed by atoms with van der Waals surface area (Å²) in [5, 5.41) is 2.60. The van der Waals surface area contributed by atoms with Crippen LogP contribution < -0.4 is 5.32 Å². The lowest BCUT2D eigenvalue weighted by Crippen LogP contribution is -2.41. The van der Waals surface area contributed by atoms with Crippen LogP contribution in [0.15, 0.2) is 12.7 Å². The first-order valence-electron chi connectivity index (χ1n) is 6.76. The van der Waals surface area contributed by atoms with E-state index in [9.17, 15) is 9.59 Å². The minimum Gasteiger partial charge on any atom is -0.461 e. The van der Waals surface area contributed by atoms with Crippen molar-refractivity contribution in [3.63, 3.8) is 0 Å². The molecule has 0 unspecified atom stereocenters. The molecule has 1 amide bonds. The average Bonchev–Trinajstić information content (AvgIpc) is 2.84. The van der Waals surface area contributed by atoms with E-state index in [1.54, 1.807) is 0 Å². The highest BCUT2D eigenvalue weighted by Crippen LogP contribution is 2.39. The molecule has 1 fully saturated rings. The lowest BCUT2D eigenvalue weighted by Gasteiger charge is -2.33. The van der Waals surface area contributed by atoms with Crippen LogP contribution >= 0.6 is 0 Å². The van der Waals surface area contributed by atoms with Crippen LogP contribution in [0.4, 0.5) is 4.79 Å². The van der Waals surface area contributed by atoms with Crippen molar-refractivity contribution in [1.29, 1.82) is 0 Å². The summed E-state index contributed by atoms with van der Waals surface area (Å²) in [5.41, 5.74) is -0.331. The molecule has 0 aromatic heterocycles.